The molecule has 0 spiro atoms. The van der Waals surface area contributed by atoms with Gasteiger partial charge in [0.1, 0.15) is 10.8 Å². The van der Waals surface area contributed by atoms with Gasteiger partial charge < -0.3 is 14.8 Å². The molecule has 0 aliphatic carbocycles. The molecule has 118 valence electrons. The maximum Gasteiger partial charge on any atom is 0.259 e. The number of hydrogen-bond donors (Lipinski definition) is 2. The molecule has 2 N–H and O–H groups in total. The van der Waals surface area contributed by atoms with Crippen molar-refractivity contribution in [3.05, 3.63) is 50.2 Å². The van der Waals surface area contributed by atoms with Gasteiger partial charge in [-0.1, -0.05) is 23.7 Å². The first-order chi connectivity index (χ1) is 11.0. The molecular formula is C16H12BrClN2O3. The fraction of sp³-hybridized carbons (Fsp3) is 0.125. The number of fused-ring (bicyclic) bond motifs is 1. The van der Waals surface area contributed by atoms with Crippen molar-refractivity contribution in [3.8, 4) is 22.9 Å². The normalized spacial score (nSPS) is 10.9. The molecule has 3 rings (SSSR count). The van der Waals surface area contributed by atoms with E-state index in [0.29, 0.717) is 33.4 Å². The number of halogens is 2. The Morgan fingerprint density at radius 2 is 2.13 bits per heavy atom. The SMILES string of the molecule is CCOc1cc(-c2nc3ccccc3c(=O)[nH]2)c(Br)c(Cl)c1O. The molecule has 0 saturated carbocycles. The van der Waals surface area contributed by atoms with Crippen molar-refractivity contribution >= 4 is 38.4 Å². The van der Waals surface area contributed by atoms with Gasteiger partial charge in [-0.3, -0.25) is 4.79 Å². The van der Waals surface area contributed by atoms with E-state index in [1.165, 1.54) is 0 Å². The second-order valence-corrected chi connectivity index (χ2v) is 5.93. The van der Waals surface area contributed by atoms with Crippen molar-refractivity contribution in [2.24, 2.45) is 0 Å². The summed E-state index contributed by atoms with van der Waals surface area (Å²) < 4.78 is 5.81. The van der Waals surface area contributed by atoms with Gasteiger partial charge >= 0.3 is 0 Å². The molecule has 0 atom stereocenters. The summed E-state index contributed by atoms with van der Waals surface area (Å²) >= 11 is 9.47. The largest absolute Gasteiger partial charge is 0.503 e. The first-order valence-electron chi connectivity index (χ1n) is 6.86. The molecule has 2 aromatic carbocycles. The number of ether oxygens (including phenoxy) is 1. The first-order valence-corrected chi connectivity index (χ1v) is 8.03. The van der Waals surface area contributed by atoms with Crippen LogP contribution in [0.3, 0.4) is 0 Å². The van der Waals surface area contributed by atoms with Gasteiger partial charge in [-0.15, -0.1) is 0 Å². The Kier molecular flexibility index (Phi) is 4.28. The highest BCUT2D eigenvalue weighted by Gasteiger charge is 2.18. The summed E-state index contributed by atoms with van der Waals surface area (Å²) in [6.45, 7) is 2.16. The van der Waals surface area contributed by atoms with Gasteiger partial charge in [-0.2, -0.15) is 0 Å². The molecule has 1 aromatic heterocycles. The van der Waals surface area contributed by atoms with Crippen LogP contribution in [-0.4, -0.2) is 21.7 Å². The van der Waals surface area contributed by atoms with Gasteiger partial charge in [-0.25, -0.2) is 4.98 Å². The number of phenols is 1. The summed E-state index contributed by atoms with van der Waals surface area (Å²) in [4.78, 5) is 19.4. The minimum absolute atomic E-state index is 0.0988. The van der Waals surface area contributed by atoms with Crippen molar-refractivity contribution < 1.29 is 9.84 Å². The van der Waals surface area contributed by atoms with Crippen LogP contribution in [0, 0.1) is 0 Å². The number of aromatic nitrogens is 2. The van der Waals surface area contributed by atoms with Gasteiger partial charge in [0.2, 0.25) is 0 Å². The van der Waals surface area contributed by atoms with E-state index < -0.39 is 0 Å². The van der Waals surface area contributed by atoms with E-state index in [-0.39, 0.29) is 22.1 Å². The number of H-pyrrole nitrogens is 1. The molecule has 7 heteroatoms. The summed E-state index contributed by atoms with van der Waals surface area (Å²) in [5.41, 5.74) is 0.846. The van der Waals surface area contributed by atoms with Crippen LogP contribution in [0.5, 0.6) is 11.5 Å². The molecule has 0 aliphatic heterocycles. The molecule has 23 heavy (non-hydrogen) atoms. The van der Waals surface area contributed by atoms with Gasteiger partial charge in [-0.05, 0) is 41.1 Å². The zero-order valence-corrected chi connectivity index (χ0v) is 14.4. The minimum Gasteiger partial charge on any atom is -0.503 e. The van der Waals surface area contributed by atoms with E-state index in [1.807, 2.05) is 6.07 Å². The highest BCUT2D eigenvalue weighted by atomic mass is 79.9. The smallest absolute Gasteiger partial charge is 0.259 e. The predicted octanol–water partition coefficient (Wildman–Crippen LogP) is 4.11. The Morgan fingerprint density at radius 1 is 1.39 bits per heavy atom. The van der Waals surface area contributed by atoms with E-state index in [4.69, 9.17) is 16.3 Å². The number of phenolic OH excluding ortho intramolecular Hbond substituents is 1. The lowest BCUT2D eigenvalue weighted by Gasteiger charge is -2.12. The summed E-state index contributed by atoms with van der Waals surface area (Å²) in [6.07, 6.45) is 0. The second kappa shape index (κ2) is 6.22. The van der Waals surface area contributed by atoms with Gasteiger partial charge in [0, 0.05) is 5.56 Å². The van der Waals surface area contributed by atoms with Crippen molar-refractivity contribution in [2.45, 2.75) is 6.92 Å². The van der Waals surface area contributed by atoms with Gasteiger partial charge in [0.15, 0.2) is 11.5 Å². The average molecular weight is 396 g/mol. The number of hydrogen-bond acceptors (Lipinski definition) is 4. The minimum atomic E-state index is -0.250. The van der Waals surface area contributed by atoms with E-state index in [1.54, 1.807) is 31.2 Å². The molecule has 0 unspecified atom stereocenters. The molecule has 3 aromatic rings. The molecule has 1 heterocycles. The van der Waals surface area contributed by atoms with Crippen molar-refractivity contribution in [2.75, 3.05) is 6.61 Å². The third-order valence-corrected chi connectivity index (χ3v) is 4.73. The Bertz CT molecular complexity index is 956. The number of rotatable bonds is 3. The lowest BCUT2D eigenvalue weighted by molar-refractivity contribution is 0.318. The van der Waals surface area contributed by atoms with Crippen LogP contribution >= 0.6 is 27.5 Å². The molecule has 0 radical (unpaired) electrons. The average Bonchev–Trinajstić information content (AvgIpc) is 2.55. The van der Waals surface area contributed by atoms with Crippen LogP contribution in [0.15, 0.2) is 39.6 Å². The number of benzene rings is 2. The summed E-state index contributed by atoms with van der Waals surface area (Å²) in [7, 11) is 0. The van der Waals surface area contributed by atoms with E-state index >= 15 is 0 Å². The van der Waals surface area contributed by atoms with Crippen LogP contribution in [-0.2, 0) is 0 Å². The zero-order chi connectivity index (χ0) is 16.6. The van der Waals surface area contributed by atoms with Crippen LogP contribution in [0.2, 0.25) is 5.02 Å². The fourth-order valence-electron chi connectivity index (χ4n) is 2.24. The monoisotopic (exact) mass is 394 g/mol. The number of nitrogens with one attached hydrogen (secondary N) is 1. The topological polar surface area (TPSA) is 75.2 Å². The maximum absolute atomic E-state index is 12.2. The Morgan fingerprint density at radius 3 is 2.87 bits per heavy atom. The highest BCUT2D eigenvalue weighted by Crippen LogP contribution is 2.44. The molecule has 0 amide bonds. The number of aromatic amines is 1. The lowest BCUT2D eigenvalue weighted by Crippen LogP contribution is -2.09. The van der Waals surface area contributed by atoms with E-state index in [9.17, 15) is 9.90 Å². The molecule has 0 fully saturated rings. The summed E-state index contributed by atoms with van der Waals surface area (Å²) in [6, 6.07) is 8.63. The predicted molar refractivity (Wildman–Crippen MR) is 93.3 cm³/mol. The number of nitrogens with zero attached hydrogens (tertiary/aromatic N) is 1. The van der Waals surface area contributed by atoms with Crippen molar-refractivity contribution in [3.63, 3.8) is 0 Å². The molecule has 5 nitrogen and oxygen atoms in total. The zero-order valence-electron chi connectivity index (χ0n) is 12.1. The van der Waals surface area contributed by atoms with Gasteiger partial charge in [0.05, 0.1) is 22.0 Å². The second-order valence-electron chi connectivity index (χ2n) is 4.76. The van der Waals surface area contributed by atoms with Crippen LogP contribution in [0.1, 0.15) is 6.92 Å². The third kappa shape index (κ3) is 2.80. The van der Waals surface area contributed by atoms with Crippen molar-refractivity contribution in [1.82, 2.24) is 9.97 Å². The fourth-order valence-corrected chi connectivity index (χ4v) is 2.93. The number of para-hydroxylation sites is 1. The quantitative estimate of drug-likeness (QED) is 0.700. The highest BCUT2D eigenvalue weighted by molar-refractivity contribution is 9.10. The number of aromatic hydroxyl groups is 1. The summed E-state index contributed by atoms with van der Waals surface area (Å²) in [5.74, 6) is 0.405. The van der Waals surface area contributed by atoms with E-state index in [0.717, 1.165) is 0 Å². The van der Waals surface area contributed by atoms with Gasteiger partial charge in [0.25, 0.3) is 5.56 Å². The Balaban J connectivity index is 2.28. The van der Waals surface area contributed by atoms with Crippen LogP contribution in [0.4, 0.5) is 0 Å². The van der Waals surface area contributed by atoms with E-state index in [2.05, 4.69) is 25.9 Å². The van der Waals surface area contributed by atoms with Crippen LogP contribution in [0.25, 0.3) is 22.3 Å². The standard InChI is InChI=1S/C16H12BrClN2O3/c1-2-23-11-7-9(12(17)13(18)14(11)21)15-19-10-6-4-3-5-8(10)16(22)20-15/h3-7,21H,2H2,1H3,(H,19,20,22). The summed E-state index contributed by atoms with van der Waals surface area (Å²) in [5, 5.41) is 10.6. The Hall–Kier alpha value is -2.05. The lowest BCUT2D eigenvalue weighted by atomic mass is 10.1. The van der Waals surface area contributed by atoms with Crippen LogP contribution < -0.4 is 10.3 Å². The molecule has 0 aliphatic rings. The third-order valence-electron chi connectivity index (χ3n) is 3.31. The molecule has 0 bridgehead atoms. The molecule has 0 saturated heterocycles. The first kappa shape index (κ1) is 15.8. The van der Waals surface area contributed by atoms with Crippen molar-refractivity contribution in [1.29, 1.82) is 0 Å². The molecular weight excluding hydrogens is 384 g/mol. The maximum atomic E-state index is 12.2. The Labute approximate surface area is 145 Å².